The predicted octanol–water partition coefficient (Wildman–Crippen LogP) is 2.34. The molecule has 2 atom stereocenters. The van der Waals surface area contributed by atoms with Gasteiger partial charge in [-0.05, 0) is 24.6 Å². The summed E-state index contributed by atoms with van der Waals surface area (Å²) >= 11 is 0. The molecule has 1 N–H and O–H groups in total. The van der Waals surface area contributed by atoms with Gasteiger partial charge in [-0.1, -0.05) is 37.3 Å². The zero-order valence-electron chi connectivity index (χ0n) is 12.6. The third kappa shape index (κ3) is 2.78. The molecule has 0 spiro atoms. The lowest BCUT2D eigenvalue weighted by Crippen LogP contribution is -2.36. The fraction of sp³-hybridized carbons (Fsp3) is 0.500. The second-order valence-corrected chi connectivity index (χ2v) is 5.39. The molecule has 2 heterocycles. The molecular formula is C16H22N4O. The highest BCUT2D eigenvalue weighted by Gasteiger charge is 2.32. The molecule has 0 bridgehead atoms. The Morgan fingerprint density at radius 3 is 3.00 bits per heavy atom. The third-order valence-electron chi connectivity index (χ3n) is 3.87. The van der Waals surface area contributed by atoms with Gasteiger partial charge in [-0.15, -0.1) is 5.10 Å². The van der Waals surface area contributed by atoms with Crippen molar-refractivity contribution in [2.45, 2.75) is 45.4 Å². The van der Waals surface area contributed by atoms with Gasteiger partial charge < -0.3 is 10.1 Å². The van der Waals surface area contributed by atoms with Gasteiger partial charge in [-0.2, -0.15) is 0 Å². The number of aryl methyl sites for hydroxylation is 1. The van der Waals surface area contributed by atoms with Crippen LogP contribution in [-0.4, -0.2) is 27.6 Å². The van der Waals surface area contributed by atoms with E-state index in [-0.39, 0.29) is 12.1 Å². The van der Waals surface area contributed by atoms with Crippen molar-refractivity contribution in [3.63, 3.8) is 0 Å². The van der Waals surface area contributed by atoms with Gasteiger partial charge in [0.1, 0.15) is 11.9 Å². The minimum atomic E-state index is 0.0939. The van der Waals surface area contributed by atoms with Gasteiger partial charge in [0.15, 0.2) is 0 Å². The van der Waals surface area contributed by atoms with Crippen molar-refractivity contribution in [3.05, 3.63) is 41.7 Å². The molecule has 0 saturated carbocycles. The van der Waals surface area contributed by atoms with Crippen LogP contribution in [-0.2, 0) is 13.0 Å². The zero-order chi connectivity index (χ0) is 14.7. The Balaban J connectivity index is 1.84. The first-order valence-corrected chi connectivity index (χ1v) is 7.69. The quantitative estimate of drug-likeness (QED) is 0.885. The Labute approximate surface area is 125 Å². The molecule has 1 aromatic carbocycles. The number of ether oxygens (including phenoxy) is 1. The van der Waals surface area contributed by atoms with Crippen LogP contribution in [0.2, 0.25) is 0 Å². The Bertz CT molecular complexity index is 570. The second kappa shape index (κ2) is 6.26. The van der Waals surface area contributed by atoms with Gasteiger partial charge in [-0.25, -0.2) is 4.68 Å². The SMILES string of the molecule is CCCn1nncc1C(NCC)C1Cc2ccccc2O1. The average Bonchev–Trinajstić information content (AvgIpc) is 3.11. The van der Waals surface area contributed by atoms with Crippen LogP contribution < -0.4 is 10.1 Å². The van der Waals surface area contributed by atoms with E-state index >= 15 is 0 Å². The Kier molecular flexibility index (Phi) is 4.20. The fourth-order valence-electron chi connectivity index (χ4n) is 2.93. The van der Waals surface area contributed by atoms with Crippen molar-refractivity contribution in [1.82, 2.24) is 20.3 Å². The number of hydrogen-bond acceptors (Lipinski definition) is 4. The summed E-state index contributed by atoms with van der Waals surface area (Å²) in [6.07, 6.45) is 3.91. The molecule has 1 aliphatic heterocycles. The summed E-state index contributed by atoms with van der Waals surface area (Å²) in [6, 6.07) is 8.38. The lowest BCUT2D eigenvalue weighted by Gasteiger charge is -2.24. The molecule has 1 aliphatic rings. The van der Waals surface area contributed by atoms with Crippen molar-refractivity contribution in [3.8, 4) is 5.75 Å². The highest BCUT2D eigenvalue weighted by Crippen LogP contribution is 2.33. The highest BCUT2D eigenvalue weighted by molar-refractivity contribution is 5.38. The summed E-state index contributed by atoms with van der Waals surface area (Å²) in [7, 11) is 0. The zero-order valence-corrected chi connectivity index (χ0v) is 12.6. The molecule has 0 aliphatic carbocycles. The van der Waals surface area contributed by atoms with Gasteiger partial charge in [0, 0.05) is 13.0 Å². The highest BCUT2D eigenvalue weighted by atomic mass is 16.5. The van der Waals surface area contributed by atoms with Crippen molar-refractivity contribution < 1.29 is 4.74 Å². The minimum Gasteiger partial charge on any atom is -0.488 e. The van der Waals surface area contributed by atoms with E-state index in [2.05, 4.69) is 41.6 Å². The standard InChI is InChI=1S/C16H22N4O/c1-3-9-20-13(11-18-19-20)16(17-4-2)15-10-12-7-5-6-8-14(12)21-15/h5-8,11,15-17H,3-4,9-10H2,1-2H3. The molecule has 1 aromatic heterocycles. The molecule has 5 heteroatoms. The second-order valence-electron chi connectivity index (χ2n) is 5.39. The van der Waals surface area contributed by atoms with Crippen molar-refractivity contribution in [1.29, 1.82) is 0 Å². The molecule has 0 amide bonds. The summed E-state index contributed by atoms with van der Waals surface area (Å²) < 4.78 is 8.13. The summed E-state index contributed by atoms with van der Waals surface area (Å²) in [5.41, 5.74) is 2.39. The Hall–Kier alpha value is -1.88. The van der Waals surface area contributed by atoms with Crippen LogP contribution >= 0.6 is 0 Å². The average molecular weight is 286 g/mol. The monoisotopic (exact) mass is 286 g/mol. The van der Waals surface area contributed by atoms with E-state index in [4.69, 9.17) is 4.74 Å². The number of rotatable bonds is 6. The number of fused-ring (bicyclic) bond motifs is 1. The van der Waals surface area contributed by atoms with Gasteiger partial charge in [0.05, 0.1) is 17.9 Å². The van der Waals surface area contributed by atoms with E-state index < -0.39 is 0 Å². The van der Waals surface area contributed by atoms with E-state index in [0.29, 0.717) is 0 Å². The summed E-state index contributed by atoms with van der Waals surface area (Å²) in [4.78, 5) is 0. The minimum absolute atomic E-state index is 0.0939. The van der Waals surface area contributed by atoms with Gasteiger partial charge in [0.2, 0.25) is 0 Å². The van der Waals surface area contributed by atoms with E-state index in [0.717, 1.165) is 37.4 Å². The molecule has 2 aromatic rings. The first kappa shape index (κ1) is 14.1. The normalized spacial score (nSPS) is 18.3. The van der Waals surface area contributed by atoms with Crippen molar-refractivity contribution >= 4 is 0 Å². The van der Waals surface area contributed by atoms with Crippen LogP contribution in [0.3, 0.4) is 0 Å². The van der Waals surface area contributed by atoms with Crippen LogP contribution in [0.1, 0.15) is 37.6 Å². The predicted molar refractivity (Wildman–Crippen MR) is 81.3 cm³/mol. The van der Waals surface area contributed by atoms with Crippen LogP contribution in [0, 0.1) is 0 Å². The van der Waals surface area contributed by atoms with E-state index in [1.54, 1.807) is 0 Å². The van der Waals surface area contributed by atoms with Crippen LogP contribution in [0.4, 0.5) is 0 Å². The van der Waals surface area contributed by atoms with Crippen LogP contribution in [0.5, 0.6) is 5.75 Å². The third-order valence-corrected chi connectivity index (χ3v) is 3.87. The molecular weight excluding hydrogens is 264 g/mol. The molecule has 0 fully saturated rings. The summed E-state index contributed by atoms with van der Waals surface area (Å²) in [6.45, 7) is 6.04. The lowest BCUT2D eigenvalue weighted by atomic mass is 10.0. The smallest absolute Gasteiger partial charge is 0.124 e. The van der Waals surface area contributed by atoms with Crippen LogP contribution in [0.15, 0.2) is 30.5 Å². The maximum Gasteiger partial charge on any atom is 0.124 e. The first-order chi connectivity index (χ1) is 10.3. The van der Waals surface area contributed by atoms with Gasteiger partial charge in [0.25, 0.3) is 0 Å². The Morgan fingerprint density at radius 2 is 2.24 bits per heavy atom. The molecule has 0 radical (unpaired) electrons. The van der Waals surface area contributed by atoms with Gasteiger partial charge >= 0.3 is 0 Å². The molecule has 5 nitrogen and oxygen atoms in total. The summed E-state index contributed by atoms with van der Waals surface area (Å²) in [5, 5.41) is 11.8. The molecule has 3 rings (SSSR count). The number of benzene rings is 1. The fourth-order valence-corrected chi connectivity index (χ4v) is 2.93. The molecule has 112 valence electrons. The number of para-hydroxylation sites is 1. The van der Waals surface area contributed by atoms with Crippen molar-refractivity contribution in [2.75, 3.05) is 6.54 Å². The molecule has 2 unspecified atom stereocenters. The Morgan fingerprint density at radius 1 is 1.38 bits per heavy atom. The van der Waals surface area contributed by atoms with Gasteiger partial charge in [-0.3, -0.25) is 0 Å². The lowest BCUT2D eigenvalue weighted by molar-refractivity contribution is 0.174. The summed E-state index contributed by atoms with van der Waals surface area (Å²) in [5.74, 6) is 1.000. The topological polar surface area (TPSA) is 52.0 Å². The number of aromatic nitrogens is 3. The first-order valence-electron chi connectivity index (χ1n) is 7.69. The maximum atomic E-state index is 6.15. The van der Waals surface area contributed by atoms with E-state index in [1.807, 2.05) is 23.0 Å². The number of nitrogens with one attached hydrogen (secondary N) is 1. The maximum absolute atomic E-state index is 6.15. The molecule has 21 heavy (non-hydrogen) atoms. The van der Waals surface area contributed by atoms with Crippen LogP contribution in [0.25, 0.3) is 0 Å². The largest absolute Gasteiger partial charge is 0.488 e. The van der Waals surface area contributed by atoms with Crippen molar-refractivity contribution in [2.24, 2.45) is 0 Å². The number of hydrogen-bond donors (Lipinski definition) is 1. The van der Waals surface area contributed by atoms with E-state index in [1.165, 1.54) is 5.56 Å². The molecule has 0 saturated heterocycles. The number of nitrogens with zero attached hydrogens (tertiary/aromatic N) is 3. The van der Waals surface area contributed by atoms with E-state index in [9.17, 15) is 0 Å². The number of likely N-dealkylation sites (N-methyl/N-ethyl adjacent to an activating group) is 1.